The summed E-state index contributed by atoms with van der Waals surface area (Å²) in [6.45, 7) is 11.1. The number of pyridine rings is 1. The number of aromatic nitrogens is 7. The quantitative estimate of drug-likeness (QED) is 0.424. The average Bonchev–Trinajstić information content (AvgIpc) is 3.54. The molecule has 37 heavy (non-hydrogen) atoms. The van der Waals surface area contributed by atoms with E-state index in [2.05, 4.69) is 34.0 Å². The number of aromatic amines is 1. The number of nitrogens with zero attached hydrogens (tertiary/aromatic N) is 7. The van der Waals surface area contributed by atoms with E-state index >= 15 is 0 Å². The fourth-order valence-corrected chi connectivity index (χ4v) is 4.81. The Hall–Kier alpha value is -3.70. The van der Waals surface area contributed by atoms with Gasteiger partial charge in [-0.15, -0.1) is 5.10 Å². The highest BCUT2D eigenvalue weighted by Gasteiger charge is 2.23. The number of H-pyrrole nitrogens is 1. The van der Waals surface area contributed by atoms with Gasteiger partial charge >= 0.3 is 0 Å². The van der Waals surface area contributed by atoms with Crippen LogP contribution in [0.4, 0.5) is 0 Å². The van der Waals surface area contributed by atoms with Gasteiger partial charge < -0.3 is 14.6 Å². The van der Waals surface area contributed by atoms with E-state index in [0.717, 1.165) is 51.4 Å². The van der Waals surface area contributed by atoms with Crippen LogP contribution in [0.2, 0.25) is 0 Å². The molecular formula is C26H34N8O3. The molecule has 0 aliphatic carbocycles. The highest BCUT2D eigenvalue weighted by atomic mass is 16.5. The van der Waals surface area contributed by atoms with Crippen LogP contribution in [-0.2, 0) is 20.1 Å². The summed E-state index contributed by atoms with van der Waals surface area (Å²) >= 11 is 0. The van der Waals surface area contributed by atoms with Crippen molar-refractivity contribution < 1.29 is 14.6 Å². The van der Waals surface area contributed by atoms with Crippen molar-refractivity contribution in [2.24, 2.45) is 7.05 Å². The third kappa shape index (κ3) is 4.72. The van der Waals surface area contributed by atoms with Crippen LogP contribution >= 0.6 is 0 Å². The van der Waals surface area contributed by atoms with Gasteiger partial charge in [0.05, 0.1) is 59.9 Å². The lowest BCUT2D eigenvalue weighted by molar-refractivity contribution is 0.133. The molecule has 11 nitrogen and oxygen atoms in total. The van der Waals surface area contributed by atoms with Gasteiger partial charge in [-0.3, -0.25) is 19.7 Å². The van der Waals surface area contributed by atoms with Crippen molar-refractivity contribution in [3.63, 3.8) is 0 Å². The van der Waals surface area contributed by atoms with E-state index in [1.807, 2.05) is 43.8 Å². The maximum absolute atomic E-state index is 9.73. The first-order chi connectivity index (χ1) is 17.9. The molecule has 0 fully saturated rings. The predicted molar refractivity (Wildman–Crippen MR) is 141 cm³/mol. The molecule has 0 amide bonds. The maximum atomic E-state index is 9.73. The van der Waals surface area contributed by atoms with Gasteiger partial charge in [0.25, 0.3) is 0 Å². The zero-order valence-corrected chi connectivity index (χ0v) is 22.0. The van der Waals surface area contributed by atoms with Crippen molar-refractivity contribution in [2.75, 3.05) is 26.3 Å². The fourth-order valence-electron chi connectivity index (χ4n) is 4.81. The minimum absolute atomic E-state index is 0.0153. The highest BCUT2D eigenvalue weighted by Crippen LogP contribution is 2.33. The lowest BCUT2D eigenvalue weighted by Gasteiger charge is -2.25. The standard InChI is InChI=1S/C26H34N8O3/c1-6-33-14-16(3)37-26-20(13-27-32(26)5)22-12-19-21(29-30-24(19)17(4)28-22)9-8-18-23(15-33)34(10-11-35)31-25(18)36-7-2/h8-9,12-13,16,35H,6-7,10-11,14-15H2,1-5H3,(H,29,30)/b9-8+/t16-/m0/s1. The van der Waals surface area contributed by atoms with Crippen LogP contribution in [0.5, 0.6) is 11.8 Å². The summed E-state index contributed by atoms with van der Waals surface area (Å²) in [5.74, 6) is 1.22. The Kier molecular flexibility index (Phi) is 6.98. The van der Waals surface area contributed by atoms with E-state index < -0.39 is 0 Å². The van der Waals surface area contributed by atoms with E-state index in [0.29, 0.717) is 38.0 Å². The second-order valence-corrected chi connectivity index (χ2v) is 9.25. The van der Waals surface area contributed by atoms with Gasteiger partial charge in [0.2, 0.25) is 11.8 Å². The number of likely N-dealkylation sites (N-methyl/N-ethyl adjacent to an activating group) is 1. The first-order valence-electron chi connectivity index (χ1n) is 12.7. The number of aryl methyl sites for hydroxylation is 2. The molecule has 4 aromatic rings. The molecule has 196 valence electrons. The largest absolute Gasteiger partial charge is 0.476 e. The lowest BCUT2D eigenvalue weighted by Crippen LogP contribution is -2.34. The van der Waals surface area contributed by atoms with Gasteiger partial charge in [0.15, 0.2) is 0 Å². The van der Waals surface area contributed by atoms with Crippen LogP contribution in [0.1, 0.15) is 43.4 Å². The number of ether oxygens (including phenoxy) is 2. The Morgan fingerprint density at radius 3 is 2.86 bits per heavy atom. The maximum Gasteiger partial charge on any atom is 0.240 e. The molecule has 0 radical (unpaired) electrons. The summed E-state index contributed by atoms with van der Waals surface area (Å²) in [4.78, 5) is 7.13. The fraction of sp³-hybridized carbons (Fsp3) is 0.462. The molecule has 0 saturated heterocycles. The van der Waals surface area contributed by atoms with Crippen LogP contribution in [0.3, 0.4) is 0 Å². The average molecular weight is 507 g/mol. The third-order valence-corrected chi connectivity index (χ3v) is 6.63. The summed E-state index contributed by atoms with van der Waals surface area (Å²) in [5, 5.41) is 27.5. The van der Waals surface area contributed by atoms with Crippen molar-refractivity contribution in [1.82, 2.24) is 39.6 Å². The molecule has 5 rings (SSSR count). The molecule has 0 spiro atoms. The van der Waals surface area contributed by atoms with Crippen LogP contribution < -0.4 is 9.47 Å². The summed E-state index contributed by atoms with van der Waals surface area (Å²) in [7, 11) is 1.88. The topological polar surface area (TPSA) is 119 Å². The summed E-state index contributed by atoms with van der Waals surface area (Å²) < 4.78 is 16.0. The minimum atomic E-state index is -0.117. The number of hydrogen-bond acceptors (Lipinski definition) is 8. The van der Waals surface area contributed by atoms with Crippen molar-refractivity contribution in [3.8, 4) is 23.0 Å². The Morgan fingerprint density at radius 2 is 2.11 bits per heavy atom. The number of nitrogens with one attached hydrogen (secondary N) is 1. The Labute approximate surface area is 215 Å². The second-order valence-electron chi connectivity index (χ2n) is 9.25. The zero-order chi connectivity index (χ0) is 26.1. The number of fused-ring (bicyclic) bond motifs is 4. The number of rotatable bonds is 5. The van der Waals surface area contributed by atoms with E-state index in [-0.39, 0.29) is 12.7 Å². The Balaban J connectivity index is 1.72. The smallest absolute Gasteiger partial charge is 0.240 e. The van der Waals surface area contributed by atoms with Gasteiger partial charge in [-0.1, -0.05) is 6.92 Å². The monoisotopic (exact) mass is 506 g/mol. The molecule has 2 N–H and O–H groups in total. The van der Waals surface area contributed by atoms with Gasteiger partial charge in [-0.25, -0.2) is 4.68 Å². The first kappa shape index (κ1) is 25.0. The van der Waals surface area contributed by atoms with Crippen LogP contribution in [-0.4, -0.2) is 77.2 Å². The van der Waals surface area contributed by atoms with Gasteiger partial charge in [-0.2, -0.15) is 10.2 Å². The number of hydrogen-bond donors (Lipinski definition) is 2. The van der Waals surface area contributed by atoms with E-state index in [9.17, 15) is 5.11 Å². The van der Waals surface area contributed by atoms with Crippen LogP contribution in [0.25, 0.3) is 34.3 Å². The minimum Gasteiger partial charge on any atom is -0.476 e. The summed E-state index contributed by atoms with van der Waals surface area (Å²) in [6, 6.07) is 2.03. The van der Waals surface area contributed by atoms with Gasteiger partial charge in [-0.05, 0) is 45.5 Å². The second kappa shape index (κ2) is 10.3. The molecule has 1 aliphatic rings. The number of aliphatic hydroxyl groups is 1. The van der Waals surface area contributed by atoms with Crippen LogP contribution in [0.15, 0.2) is 12.3 Å². The molecule has 1 aliphatic heterocycles. The highest BCUT2D eigenvalue weighted by molar-refractivity contribution is 5.93. The van der Waals surface area contributed by atoms with Gasteiger partial charge in [0.1, 0.15) is 11.6 Å². The van der Waals surface area contributed by atoms with Gasteiger partial charge in [0, 0.05) is 25.5 Å². The molecular weight excluding hydrogens is 472 g/mol. The molecule has 0 saturated carbocycles. The summed E-state index contributed by atoms with van der Waals surface area (Å²) in [5.41, 5.74) is 5.97. The zero-order valence-electron chi connectivity index (χ0n) is 22.0. The van der Waals surface area contributed by atoms with Crippen LogP contribution in [0, 0.1) is 6.92 Å². The van der Waals surface area contributed by atoms with Crippen molar-refractivity contribution in [3.05, 3.63) is 34.9 Å². The lowest BCUT2D eigenvalue weighted by atomic mass is 10.1. The molecule has 0 aromatic carbocycles. The SMILES string of the molecule is CCOc1nn(CCO)c2c1/C=C/c1[nH]nc3c(C)nc(cc13)-c1cnn(C)c1O[C@@H](C)CN(CC)C2. The molecule has 11 heteroatoms. The van der Waals surface area contributed by atoms with E-state index in [1.54, 1.807) is 10.9 Å². The molecule has 2 bridgehead atoms. The Morgan fingerprint density at radius 1 is 1.27 bits per heavy atom. The van der Waals surface area contributed by atoms with E-state index in [1.165, 1.54) is 0 Å². The van der Waals surface area contributed by atoms with Crippen molar-refractivity contribution in [2.45, 2.75) is 46.9 Å². The van der Waals surface area contributed by atoms with Crippen molar-refractivity contribution in [1.29, 1.82) is 0 Å². The summed E-state index contributed by atoms with van der Waals surface area (Å²) in [6.07, 6.45) is 5.71. The Bertz CT molecular complexity index is 1430. The van der Waals surface area contributed by atoms with Crippen molar-refractivity contribution >= 4 is 23.1 Å². The predicted octanol–water partition coefficient (Wildman–Crippen LogP) is 3.03. The molecule has 1 atom stereocenters. The molecule has 4 aromatic heterocycles. The normalized spacial score (nSPS) is 17.2. The first-order valence-corrected chi connectivity index (χ1v) is 12.7. The van der Waals surface area contributed by atoms with E-state index in [4.69, 9.17) is 19.6 Å². The number of aliphatic hydroxyl groups excluding tert-OH is 1. The molecule has 5 heterocycles. The molecule has 0 unspecified atom stereocenters. The third-order valence-electron chi connectivity index (χ3n) is 6.63.